The fraction of sp³-hybridized carbons (Fsp3) is 0.222. The summed E-state index contributed by atoms with van der Waals surface area (Å²) in [6.45, 7) is 0. The molecule has 0 saturated heterocycles. The van der Waals surface area contributed by atoms with Crippen molar-refractivity contribution >= 4 is 18.0 Å². The van der Waals surface area contributed by atoms with Crippen LogP contribution >= 0.6 is 11.9 Å². The van der Waals surface area contributed by atoms with Crippen molar-refractivity contribution in [2.24, 2.45) is 0 Å². The van der Waals surface area contributed by atoms with Crippen molar-refractivity contribution in [1.29, 1.82) is 0 Å². The number of nitrogens with zero attached hydrogens (tertiary/aromatic N) is 1. The third-order valence-corrected chi connectivity index (χ3v) is 2.48. The second kappa shape index (κ2) is 4.76. The van der Waals surface area contributed by atoms with E-state index >= 15 is 0 Å². The lowest BCUT2D eigenvalue weighted by Gasteiger charge is -2.11. The van der Waals surface area contributed by atoms with Crippen LogP contribution < -0.4 is 4.74 Å². The summed E-state index contributed by atoms with van der Waals surface area (Å²) in [5.41, 5.74) is 0. The molecule has 0 spiro atoms. The highest BCUT2D eigenvalue weighted by atomic mass is 32.2. The maximum Gasteiger partial charge on any atom is 0.417 e. The van der Waals surface area contributed by atoms with Crippen molar-refractivity contribution < 1.29 is 14.6 Å². The van der Waals surface area contributed by atoms with E-state index in [2.05, 4.69) is 0 Å². The molecule has 4 nitrogen and oxygen atoms in total. The van der Waals surface area contributed by atoms with E-state index in [1.807, 2.05) is 12.1 Å². The van der Waals surface area contributed by atoms with Crippen molar-refractivity contribution in [3.63, 3.8) is 0 Å². The fourth-order valence-electron chi connectivity index (χ4n) is 0.834. The number of hydrogen-bond acceptors (Lipinski definition) is 3. The lowest BCUT2D eigenvalue weighted by Crippen LogP contribution is -2.15. The number of amides is 1. The zero-order valence-electron chi connectivity index (χ0n) is 7.93. The molecule has 0 aliphatic heterocycles. The summed E-state index contributed by atoms with van der Waals surface area (Å²) in [7, 11) is 3.09. The van der Waals surface area contributed by atoms with Gasteiger partial charge in [0.15, 0.2) is 0 Å². The summed E-state index contributed by atoms with van der Waals surface area (Å²) in [6, 6.07) is 7.20. The van der Waals surface area contributed by atoms with Gasteiger partial charge >= 0.3 is 6.09 Å². The molecule has 0 saturated carbocycles. The van der Waals surface area contributed by atoms with E-state index < -0.39 is 6.09 Å². The summed E-state index contributed by atoms with van der Waals surface area (Å²) in [5, 5.41) is 8.62. The first-order valence-electron chi connectivity index (χ1n) is 3.92. The summed E-state index contributed by atoms with van der Waals surface area (Å²) in [4.78, 5) is 11.4. The van der Waals surface area contributed by atoms with Crippen LogP contribution in [-0.2, 0) is 0 Å². The standard InChI is InChI=1S/C9H11NO3S/c1-10(9(11)12)14-8-5-3-7(13-2)4-6-8/h3-6H,1-2H3,(H,11,12). The molecular weight excluding hydrogens is 202 g/mol. The Kier molecular flexibility index (Phi) is 3.64. The van der Waals surface area contributed by atoms with Crippen LogP contribution in [0.5, 0.6) is 5.75 Å². The van der Waals surface area contributed by atoms with Gasteiger partial charge in [0.1, 0.15) is 5.75 Å². The molecule has 0 aliphatic rings. The van der Waals surface area contributed by atoms with Crippen molar-refractivity contribution in [2.45, 2.75) is 4.90 Å². The number of hydrogen-bond donors (Lipinski definition) is 1. The van der Waals surface area contributed by atoms with E-state index in [0.717, 1.165) is 26.9 Å². The molecule has 0 heterocycles. The highest BCUT2D eigenvalue weighted by molar-refractivity contribution is 7.97. The second-order valence-electron chi connectivity index (χ2n) is 2.55. The Morgan fingerprint density at radius 1 is 1.43 bits per heavy atom. The summed E-state index contributed by atoms with van der Waals surface area (Å²) in [6.07, 6.45) is -0.967. The Labute approximate surface area is 86.6 Å². The molecule has 0 bridgehead atoms. The molecule has 5 heteroatoms. The van der Waals surface area contributed by atoms with Gasteiger partial charge in [-0.3, -0.25) is 4.31 Å². The van der Waals surface area contributed by atoms with Crippen LogP contribution in [-0.4, -0.2) is 29.7 Å². The first kappa shape index (κ1) is 10.7. The molecule has 0 aliphatic carbocycles. The minimum atomic E-state index is -0.967. The van der Waals surface area contributed by atoms with Crippen LogP contribution in [0.3, 0.4) is 0 Å². The highest BCUT2D eigenvalue weighted by Crippen LogP contribution is 2.23. The molecule has 14 heavy (non-hydrogen) atoms. The maximum absolute atomic E-state index is 10.5. The van der Waals surface area contributed by atoms with E-state index in [4.69, 9.17) is 9.84 Å². The number of benzene rings is 1. The average molecular weight is 213 g/mol. The van der Waals surface area contributed by atoms with Gasteiger partial charge in [-0.15, -0.1) is 0 Å². The molecule has 1 amide bonds. The maximum atomic E-state index is 10.5. The third kappa shape index (κ3) is 2.85. The quantitative estimate of drug-likeness (QED) is 0.783. The minimum absolute atomic E-state index is 0.757. The van der Waals surface area contributed by atoms with Crippen LogP contribution in [0.4, 0.5) is 4.79 Å². The van der Waals surface area contributed by atoms with Gasteiger partial charge in [0, 0.05) is 11.9 Å². The van der Waals surface area contributed by atoms with E-state index in [1.165, 1.54) is 7.05 Å². The van der Waals surface area contributed by atoms with E-state index in [9.17, 15) is 4.79 Å². The lowest BCUT2D eigenvalue weighted by molar-refractivity contribution is 0.181. The van der Waals surface area contributed by atoms with Gasteiger partial charge in [-0.25, -0.2) is 4.79 Å². The second-order valence-corrected chi connectivity index (χ2v) is 3.75. The van der Waals surface area contributed by atoms with Gasteiger partial charge in [-0.05, 0) is 36.2 Å². The Morgan fingerprint density at radius 2 is 2.00 bits per heavy atom. The molecular formula is C9H11NO3S. The molecule has 76 valence electrons. The van der Waals surface area contributed by atoms with E-state index in [-0.39, 0.29) is 0 Å². The smallest absolute Gasteiger partial charge is 0.417 e. The molecule has 1 aromatic rings. The zero-order chi connectivity index (χ0) is 10.6. The van der Waals surface area contributed by atoms with Crippen molar-refractivity contribution in [3.05, 3.63) is 24.3 Å². The van der Waals surface area contributed by atoms with Crippen LogP contribution in [0.1, 0.15) is 0 Å². The fourth-order valence-corrected chi connectivity index (χ4v) is 1.49. The number of methoxy groups -OCH3 is 1. The number of ether oxygens (including phenoxy) is 1. The Bertz CT molecular complexity index is 312. The Balaban J connectivity index is 2.64. The summed E-state index contributed by atoms with van der Waals surface area (Å²) >= 11 is 1.15. The average Bonchev–Trinajstić information content (AvgIpc) is 2.19. The summed E-state index contributed by atoms with van der Waals surface area (Å²) < 4.78 is 6.12. The first-order chi connectivity index (χ1) is 6.63. The predicted molar refractivity (Wildman–Crippen MR) is 54.6 cm³/mol. The van der Waals surface area contributed by atoms with E-state index in [0.29, 0.717) is 0 Å². The molecule has 0 fully saturated rings. The minimum Gasteiger partial charge on any atom is -0.497 e. The van der Waals surface area contributed by atoms with Gasteiger partial charge in [-0.1, -0.05) is 0 Å². The number of carboxylic acid groups (broad SMARTS) is 1. The van der Waals surface area contributed by atoms with Crippen molar-refractivity contribution in [2.75, 3.05) is 14.2 Å². The molecule has 1 aromatic carbocycles. The van der Waals surface area contributed by atoms with Gasteiger partial charge in [0.2, 0.25) is 0 Å². The Morgan fingerprint density at radius 3 is 2.43 bits per heavy atom. The van der Waals surface area contributed by atoms with Gasteiger partial charge in [-0.2, -0.15) is 0 Å². The van der Waals surface area contributed by atoms with Crippen molar-refractivity contribution in [3.8, 4) is 5.75 Å². The molecule has 0 atom stereocenters. The topological polar surface area (TPSA) is 49.8 Å². The highest BCUT2D eigenvalue weighted by Gasteiger charge is 2.06. The van der Waals surface area contributed by atoms with Crippen LogP contribution in [0.15, 0.2) is 29.2 Å². The zero-order valence-corrected chi connectivity index (χ0v) is 8.75. The van der Waals surface area contributed by atoms with E-state index in [1.54, 1.807) is 19.2 Å². The molecule has 0 aromatic heterocycles. The van der Waals surface area contributed by atoms with Crippen LogP contribution in [0.25, 0.3) is 0 Å². The lowest BCUT2D eigenvalue weighted by atomic mass is 10.3. The SMILES string of the molecule is COc1ccc(SN(C)C(=O)O)cc1. The van der Waals surface area contributed by atoms with Crippen LogP contribution in [0, 0.1) is 0 Å². The predicted octanol–water partition coefficient (Wildman–Crippen LogP) is 2.31. The summed E-state index contributed by atoms with van der Waals surface area (Å²) in [5.74, 6) is 0.757. The van der Waals surface area contributed by atoms with Gasteiger partial charge in [0.25, 0.3) is 0 Å². The van der Waals surface area contributed by atoms with Gasteiger partial charge < -0.3 is 9.84 Å². The normalized spacial score (nSPS) is 9.57. The Hall–Kier alpha value is -1.36. The van der Waals surface area contributed by atoms with Crippen molar-refractivity contribution in [1.82, 2.24) is 4.31 Å². The largest absolute Gasteiger partial charge is 0.497 e. The molecule has 0 radical (unpaired) electrons. The monoisotopic (exact) mass is 213 g/mol. The number of carbonyl (C=O) groups is 1. The first-order valence-corrected chi connectivity index (χ1v) is 4.69. The molecule has 0 unspecified atom stereocenters. The van der Waals surface area contributed by atoms with Crippen LogP contribution in [0.2, 0.25) is 0 Å². The number of rotatable bonds is 3. The van der Waals surface area contributed by atoms with Gasteiger partial charge in [0.05, 0.1) is 7.11 Å². The third-order valence-electron chi connectivity index (χ3n) is 1.57. The molecule has 1 N–H and O–H groups in total. The molecule has 1 rings (SSSR count).